The lowest BCUT2D eigenvalue weighted by Gasteiger charge is -2.29. The van der Waals surface area contributed by atoms with E-state index >= 15 is 0 Å². The number of halogens is 1. The van der Waals surface area contributed by atoms with Crippen LogP contribution in [0.3, 0.4) is 0 Å². The lowest BCUT2D eigenvalue weighted by Crippen LogP contribution is -2.37. The SMILES string of the molecule is O=S(=O)(CC1CCC1)N(CCCO)Cc1cccc(Cl)c1. The van der Waals surface area contributed by atoms with E-state index in [0.717, 1.165) is 24.8 Å². The summed E-state index contributed by atoms with van der Waals surface area (Å²) >= 11 is 5.95. The predicted octanol–water partition coefficient (Wildman–Crippen LogP) is 2.65. The Morgan fingerprint density at radius 2 is 2.10 bits per heavy atom. The van der Waals surface area contributed by atoms with E-state index in [4.69, 9.17) is 16.7 Å². The molecule has 0 heterocycles. The van der Waals surface area contributed by atoms with Gasteiger partial charge in [0.25, 0.3) is 0 Å². The molecule has 118 valence electrons. The molecule has 0 atom stereocenters. The zero-order valence-electron chi connectivity index (χ0n) is 12.0. The summed E-state index contributed by atoms with van der Waals surface area (Å²) in [6.45, 7) is 0.651. The zero-order valence-corrected chi connectivity index (χ0v) is 13.6. The van der Waals surface area contributed by atoms with Gasteiger partial charge in [0.05, 0.1) is 5.75 Å². The molecule has 0 spiro atoms. The topological polar surface area (TPSA) is 57.6 Å². The molecule has 0 amide bonds. The Kier molecular flexibility index (Phi) is 6.05. The quantitative estimate of drug-likeness (QED) is 0.796. The first kappa shape index (κ1) is 16.7. The van der Waals surface area contributed by atoms with Crippen LogP contribution < -0.4 is 0 Å². The minimum Gasteiger partial charge on any atom is -0.396 e. The summed E-state index contributed by atoms with van der Waals surface area (Å²) in [5, 5.41) is 9.59. The first-order valence-electron chi connectivity index (χ1n) is 7.34. The van der Waals surface area contributed by atoms with Crippen molar-refractivity contribution in [2.45, 2.75) is 32.2 Å². The van der Waals surface area contributed by atoms with Crippen LogP contribution >= 0.6 is 11.6 Å². The maximum atomic E-state index is 12.5. The molecule has 0 saturated heterocycles. The van der Waals surface area contributed by atoms with Gasteiger partial charge in [0.15, 0.2) is 0 Å². The number of hydrogen-bond donors (Lipinski definition) is 1. The molecule has 2 rings (SSSR count). The molecule has 1 aromatic carbocycles. The molecule has 6 heteroatoms. The molecule has 1 N–H and O–H groups in total. The van der Waals surface area contributed by atoms with Crippen LogP contribution in [0.2, 0.25) is 5.02 Å². The number of nitrogens with zero attached hydrogens (tertiary/aromatic N) is 1. The van der Waals surface area contributed by atoms with Crippen LogP contribution in [0.4, 0.5) is 0 Å². The van der Waals surface area contributed by atoms with Gasteiger partial charge >= 0.3 is 0 Å². The molecule has 1 aliphatic carbocycles. The van der Waals surface area contributed by atoms with Gasteiger partial charge < -0.3 is 5.11 Å². The number of rotatable bonds is 8. The Morgan fingerprint density at radius 1 is 1.33 bits per heavy atom. The van der Waals surface area contributed by atoms with Crippen molar-refractivity contribution in [1.82, 2.24) is 4.31 Å². The second kappa shape index (κ2) is 7.58. The summed E-state index contributed by atoms with van der Waals surface area (Å²) in [7, 11) is -3.29. The summed E-state index contributed by atoms with van der Waals surface area (Å²) in [6, 6.07) is 7.25. The van der Waals surface area contributed by atoms with Gasteiger partial charge in [-0.15, -0.1) is 0 Å². The van der Waals surface area contributed by atoms with Crippen molar-refractivity contribution in [1.29, 1.82) is 0 Å². The van der Waals surface area contributed by atoms with E-state index in [-0.39, 0.29) is 12.4 Å². The molecule has 1 aliphatic rings. The molecule has 1 fully saturated rings. The second-order valence-corrected chi connectivity index (χ2v) is 8.07. The van der Waals surface area contributed by atoms with Crippen LogP contribution in [0.1, 0.15) is 31.2 Å². The fourth-order valence-corrected chi connectivity index (χ4v) is 4.57. The van der Waals surface area contributed by atoms with Gasteiger partial charge in [0.2, 0.25) is 10.0 Å². The molecule has 0 unspecified atom stereocenters. The van der Waals surface area contributed by atoms with Gasteiger partial charge in [0, 0.05) is 24.7 Å². The number of aliphatic hydroxyl groups is 1. The van der Waals surface area contributed by atoms with Crippen LogP contribution in [0.15, 0.2) is 24.3 Å². The minimum absolute atomic E-state index is 0.00893. The van der Waals surface area contributed by atoms with Crippen LogP contribution in [0.25, 0.3) is 0 Å². The van der Waals surface area contributed by atoms with E-state index in [0.29, 0.717) is 30.5 Å². The van der Waals surface area contributed by atoms with E-state index in [1.807, 2.05) is 12.1 Å². The van der Waals surface area contributed by atoms with E-state index in [2.05, 4.69) is 0 Å². The van der Waals surface area contributed by atoms with E-state index in [9.17, 15) is 8.42 Å². The van der Waals surface area contributed by atoms with Gasteiger partial charge in [-0.25, -0.2) is 8.42 Å². The summed E-state index contributed by atoms with van der Waals surface area (Å²) in [4.78, 5) is 0. The summed E-state index contributed by atoms with van der Waals surface area (Å²) in [5.74, 6) is 0.518. The lowest BCUT2D eigenvalue weighted by molar-refractivity contribution is 0.265. The average Bonchev–Trinajstić information content (AvgIpc) is 2.39. The maximum Gasteiger partial charge on any atom is 0.214 e. The molecular weight excluding hydrogens is 310 g/mol. The fraction of sp³-hybridized carbons (Fsp3) is 0.600. The summed E-state index contributed by atoms with van der Waals surface area (Å²) < 4.78 is 26.6. The van der Waals surface area contributed by atoms with Gasteiger partial charge in [-0.3, -0.25) is 0 Å². The van der Waals surface area contributed by atoms with Crippen molar-refractivity contribution >= 4 is 21.6 Å². The summed E-state index contributed by atoms with van der Waals surface area (Å²) in [5.41, 5.74) is 0.873. The number of hydrogen-bond acceptors (Lipinski definition) is 3. The highest BCUT2D eigenvalue weighted by molar-refractivity contribution is 7.89. The molecule has 1 aromatic rings. The number of benzene rings is 1. The molecule has 0 aliphatic heterocycles. The van der Waals surface area contributed by atoms with Crippen LogP contribution in [0, 0.1) is 5.92 Å². The lowest BCUT2D eigenvalue weighted by atomic mass is 9.87. The Balaban J connectivity index is 2.08. The van der Waals surface area contributed by atoms with Gasteiger partial charge in [-0.05, 0) is 42.9 Å². The molecular formula is C15H22ClNO3S. The first-order valence-corrected chi connectivity index (χ1v) is 9.33. The van der Waals surface area contributed by atoms with Crippen LogP contribution in [-0.2, 0) is 16.6 Å². The van der Waals surface area contributed by atoms with Crippen molar-refractivity contribution in [2.24, 2.45) is 5.92 Å². The Labute approximate surface area is 131 Å². The molecule has 0 aromatic heterocycles. The van der Waals surface area contributed by atoms with Gasteiger partial charge in [-0.2, -0.15) is 4.31 Å². The third-order valence-electron chi connectivity index (χ3n) is 3.88. The average molecular weight is 332 g/mol. The standard InChI is InChI=1S/C15H22ClNO3S/c16-15-7-2-6-14(10-15)11-17(8-3-9-18)21(19,20)12-13-4-1-5-13/h2,6-7,10,13,18H,1,3-5,8-9,11-12H2. The third-order valence-corrected chi connectivity index (χ3v) is 6.10. The highest BCUT2D eigenvalue weighted by Crippen LogP contribution is 2.29. The monoisotopic (exact) mass is 331 g/mol. The zero-order chi connectivity index (χ0) is 15.3. The van der Waals surface area contributed by atoms with E-state index in [1.165, 1.54) is 4.31 Å². The third kappa shape index (κ3) is 4.95. The van der Waals surface area contributed by atoms with Gasteiger partial charge in [0.1, 0.15) is 0 Å². The molecule has 1 saturated carbocycles. The Bertz CT molecular complexity index is 558. The normalized spacial score (nSPS) is 16.1. The van der Waals surface area contributed by atoms with Crippen LogP contribution in [0.5, 0.6) is 0 Å². The largest absolute Gasteiger partial charge is 0.396 e. The van der Waals surface area contributed by atoms with E-state index in [1.54, 1.807) is 12.1 Å². The Hall–Kier alpha value is -0.620. The molecule has 0 bridgehead atoms. The fourth-order valence-electron chi connectivity index (χ4n) is 2.47. The first-order chi connectivity index (χ1) is 10.0. The molecule has 4 nitrogen and oxygen atoms in total. The van der Waals surface area contributed by atoms with Crippen LogP contribution in [-0.4, -0.2) is 36.7 Å². The highest BCUT2D eigenvalue weighted by atomic mass is 35.5. The molecule has 0 radical (unpaired) electrons. The summed E-state index contributed by atoms with van der Waals surface area (Å²) in [6.07, 6.45) is 3.59. The van der Waals surface area contributed by atoms with Crippen molar-refractivity contribution in [3.63, 3.8) is 0 Å². The van der Waals surface area contributed by atoms with Gasteiger partial charge in [-0.1, -0.05) is 30.2 Å². The predicted molar refractivity (Wildman–Crippen MR) is 84.7 cm³/mol. The van der Waals surface area contributed by atoms with E-state index < -0.39 is 10.0 Å². The molecule has 21 heavy (non-hydrogen) atoms. The maximum absolute atomic E-state index is 12.5. The Morgan fingerprint density at radius 3 is 2.67 bits per heavy atom. The minimum atomic E-state index is -3.29. The van der Waals surface area contributed by atoms with Crippen molar-refractivity contribution < 1.29 is 13.5 Å². The second-order valence-electron chi connectivity index (χ2n) is 5.62. The highest BCUT2D eigenvalue weighted by Gasteiger charge is 2.29. The smallest absolute Gasteiger partial charge is 0.214 e. The van der Waals surface area contributed by atoms with Crippen molar-refractivity contribution in [3.8, 4) is 0 Å². The van der Waals surface area contributed by atoms with Crippen molar-refractivity contribution in [3.05, 3.63) is 34.9 Å². The van der Waals surface area contributed by atoms with Crippen molar-refractivity contribution in [2.75, 3.05) is 18.9 Å². The number of aliphatic hydroxyl groups excluding tert-OH is 1. The number of sulfonamides is 1.